The van der Waals surface area contributed by atoms with Crippen molar-refractivity contribution in [3.8, 4) is 0 Å². The summed E-state index contributed by atoms with van der Waals surface area (Å²) in [6.07, 6.45) is 3.79. The second-order valence-electron chi connectivity index (χ2n) is 4.81. The van der Waals surface area contributed by atoms with E-state index in [1.807, 2.05) is 19.2 Å². The molecule has 109 valence electrons. The molecule has 2 aromatic rings. The number of rotatable bonds is 4. The summed E-state index contributed by atoms with van der Waals surface area (Å²) in [7, 11) is 3.51. The van der Waals surface area contributed by atoms with Crippen molar-refractivity contribution in [2.24, 2.45) is 0 Å². The van der Waals surface area contributed by atoms with E-state index in [0.29, 0.717) is 5.69 Å². The number of anilines is 1. The number of carbonyl (C=O) groups is 1. The fourth-order valence-electron chi connectivity index (χ4n) is 2.25. The second kappa shape index (κ2) is 5.40. The van der Waals surface area contributed by atoms with Crippen LogP contribution in [0, 0.1) is 5.92 Å². The normalized spacial score (nSPS) is 13.5. The van der Waals surface area contributed by atoms with Gasteiger partial charge in [-0.2, -0.15) is 0 Å². The first-order chi connectivity index (χ1) is 10.2. The Kier molecular flexibility index (Phi) is 3.44. The number of nitrogens with zero attached hydrogens (tertiary/aromatic N) is 1. The summed E-state index contributed by atoms with van der Waals surface area (Å²) in [6, 6.07) is 12.0. The molecule has 3 rings (SSSR count). The van der Waals surface area contributed by atoms with Crippen LogP contribution in [-0.2, 0) is 0 Å². The van der Waals surface area contributed by atoms with Gasteiger partial charge in [-0.1, -0.05) is 18.2 Å². The van der Waals surface area contributed by atoms with Gasteiger partial charge < -0.3 is 10.6 Å². The predicted octanol–water partition coefficient (Wildman–Crippen LogP) is 2.99. The van der Waals surface area contributed by atoms with E-state index >= 15 is 0 Å². The molecule has 0 saturated heterocycles. The van der Waals surface area contributed by atoms with Crippen LogP contribution in [-0.4, -0.2) is 25.0 Å². The molecule has 0 aliphatic heterocycles. The average Bonchev–Trinajstić information content (AvgIpc) is 3.35. The number of pyridine rings is 1. The highest BCUT2D eigenvalue weighted by molar-refractivity contribution is 6.00. The van der Waals surface area contributed by atoms with E-state index in [0.717, 1.165) is 11.3 Å². The van der Waals surface area contributed by atoms with Gasteiger partial charge in [-0.15, -0.1) is 0 Å². The van der Waals surface area contributed by atoms with Gasteiger partial charge in [0, 0.05) is 28.8 Å². The third-order valence-corrected chi connectivity index (χ3v) is 3.51. The topological polar surface area (TPSA) is 54.0 Å². The fraction of sp³-hybridized carbons (Fsp3) is 0.118. The molecule has 4 heteroatoms. The molecule has 0 saturated carbocycles. The molecule has 0 bridgehead atoms. The Morgan fingerprint density at radius 3 is 2.52 bits per heavy atom. The van der Waals surface area contributed by atoms with Crippen molar-refractivity contribution >= 4 is 17.2 Å². The summed E-state index contributed by atoms with van der Waals surface area (Å²) >= 11 is 0. The number of allylic oxidation sites excluding steroid dienone is 2. The first-order valence-electron chi connectivity index (χ1n) is 6.78. The number of nitrogens with one attached hydrogen (secondary N) is 2. The van der Waals surface area contributed by atoms with E-state index in [-0.39, 0.29) is 8.76 Å². The monoisotopic (exact) mass is 282 g/mol. The van der Waals surface area contributed by atoms with E-state index in [1.54, 1.807) is 13.2 Å². The van der Waals surface area contributed by atoms with Gasteiger partial charge in [0.1, 0.15) is 5.69 Å². The molecule has 0 unspecified atom stereocenters. The highest BCUT2D eigenvalue weighted by Crippen LogP contribution is 2.45. The van der Waals surface area contributed by atoms with Gasteiger partial charge in [-0.25, -0.2) is 0 Å². The zero-order valence-electron chi connectivity index (χ0n) is 12.0. The quantitative estimate of drug-likeness (QED) is 0.906. The minimum absolute atomic E-state index is 0. The van der Waals surface area contributed by atoms with Gasteiger partial charge in [0.15, 0.2) is 0 Å². The van der Waals surface area contributed by atoms with Crippen LogP contribution in [0.1, 0.15) is 24.5 Å². The maximum absolute atomic E-state index is 11.6. The molecule has 1 amide bonds. The van der Waals surface area contributed by atoms with Crippen LogP contribution in [0.3, 0.4) is 0 Å². The highest BCUT2D eigenvalue weighted by atomic mass is 16.1. The number of carbonyl (C=O) groups excluding carboxylic acids is 1. The molecule has 1 heterocycles. The summed E-state index contributed by atoms with van der Waals surface area (Å²) in [4.78, 5) is 15.7. The summed E-state index contributed by atoms with van der Waals surface area (Å²) in [5.41, 5.74) is 4.90. The van der Waals surface area contributed by atoms with Gasteiger partial charge in [0.2, 0.25) is 0 Å². The van der Waals surface area contributed by atoms with Crippen LogP contribution >= 0.6 is 0 Å². The van der Waals surface area contributed by atoms with Crippen LogP contribution in [0.4, 0.5) is 5.69 Å². The Labute approximate surface area is 126 Å². The van der Waals surface area contributed by atoms with Crippen molar-refractivity contribution in [3.63, 3.8) is 0 Å². The third kappa shape index (κ3) is 2.65. The second-order valence-corrected chi connectivity index (χ2v) is 4.81. The molecule has 2 N–H and O–H groups in total. The largest absolute Gasteiger partial charge is 0.388 e. The van der Waals surface area contributed by atoms with Crippen LogP contribution in [0.15, 0.2) is 48.7 Å². The Bertz CT molecular complexity index is 714. The van der Waals surface area contributed by atoms with Crippen molar-refractivity contribution < 1.29 is 7.65 Å². The first-order valence-corrected chi connectivity index (χ1v) is 6.78. The smallest absolute Gasteiger partial charge is 0.269 e. The maximum atomic E-state index is 11.6. The SMILES string of the molecule is CNC(=O)c1cc(C2=C[C]2c2ccc(NC)cc2)ccn1.[HH].[HH]. The minimum Gasteiger partial charge on any atom is -0.388 e. The van der Waals surface area contributed by atoms with Crippen molar-refractivity contribution in [2.75, 3.05) is 19.4 Å². The minimum atomic E-state index is -0.168. The third-order valence-electron chi connectivity index (χ3n) is 3.51. The number of benzene rings is 1. The molecule has 0 fully saturated rings. The average molecular weight is 282 g/mol. The molecule has 0 spiro atoms. The van der Waals surface area contributed by atoms with E-state index in [2.05, 4.69) is 46.0 Å². The molecular formula is C17H20N3O. The highest BCUT2D eigenvalue weighted by Gasteiger charge is 2.29. The first kappa shape index (κ1) is 13.4. The summed E-state index contributed by atoms with van der Waals surface area (Å²) in [6.45, 7) is 0. The van der Waals surface area contributed by atoms with Crippen LogP contribution in [0.25, 0.3) is 5.57 Å². The predicted molar refractivity (Wildman–Crippen MR) is 88.2 cm³/mol. The molecule has 1 radical (unpaired) electrons. The van der Waals surface area contributed by atoms with E-state index < -0.39 is 0 Å². The van der Waals surface area contributed by atoms with Crippen LogP contribution < -0.4 is 10.6 Å². The Morgan fingerprint density at radius 2 is 1.86 bits per heavy atom. The Hall–Kier alpha value is -2.62. The number of amides is 1. The van der Waals surface area contributed by atoms with Gasteiger partial charge in [-0.3, -0.25) is 9.78 Å². The van der Waals surface area contributed by atoms with Crippen LogP contribution in [0.5, 0.6) is 0 Å². The fourth-order valence-corrected chi connectivity index (χ4v) is 2.25. The maximum Gasteiger partial charge on any atom is 0.269 e. The van der Waals surface area contributed by atoms with E-state index in [1.165, 1.54) is 17.1 Å². The van der Waals surface area contributed by atoms with Gasteiger partial charge in [0.25, 0.3) is 5.91 Å². The summed E-state index contributed by atoms with van der Waals surface area (Å²) < 4.78 is 0. The Morgan fingerprint density at radius 1 is 1.10 bits per heavy atom. The zero-order chi connectivity index (χ0) is 14.8. The lowest BCUT2D eigenvalue weighted by molar-refractivity contribution is 0.0958. The van der Waals surface area contributed by atoms with E-state index in [4.69, 9.17) is 0 Å². The summed E-state index contributed by atoms with van der Waals surface area (Å²) in [5.74, 6) is 1.05. The lowest BCUT2D eigenvalue weighted by Gasteiger charge is -2.05. The molecule has 1 aromatic heterocycles. The molecule has 1 aliphatic rings. The number of hydrogen-bond acceptors (Lipinski definition) is 3. The van der Waals surface area contributed by atoms with E-state index in [9.17, 15) is 4.79 Å². The molecule has 1 aliphatic carbocycles. The lowest BCUT2D eigenvalue weighted by atomic mass is 10.0. The number of aromatic nitrogens is 1. The van der Waals surface area contributed by atoms with Gasteiger partial charge >= 0.3 is 0 Å². The molecular weight excluding hydrogens is 262 g/mol. The molecule has 21 heavy (non-hydrogen) atoms. The molecule has 1 aromatic carbocycles. The number of hydrogen-bond donors (Lipinski definition) is 2. The Balaban J connectivity index is 0.00000132. The van der Waals surface area contributed by atoms with Crippen molar-refractivity contribution in [3.05, 3.63) is 71.4 Å². The molecule has 0 atom stereocenters. The van der Waals surface area contributed by atoms with Gasteiger partial charge in [0.05, 0.1) is 5.92 Å². The lowest BCUT2D eigenvalue weighted by Crippen LogP contribution is -2.19. The van der Waals surface area contributed by atoms with Gasteiger partial charge in [-0.05, 0) is 41.0 Å². The molecule has 4 nitrogen and oxygen atoms in total. The van der Waals surface area contributed by atoms with Crippen LogP contribution in [0.2, 0.25) is 0 Å². The van der Waals surface area contributed by atoms with Crippen molar-refractivity contribution in [2.45, 2.75) is 0 Å². The van der Waals surface area contributed by atoms with Crippen molar-refractivity contribution in [1.82, 2.24) is 10.3 Å². The summed E-state index contributed by atoms with van der Waals surface area (Å²) in [5, 5.41) is 5.69. The zero-order valence-corrected chi connectivity index (χ0v) is 12.0. The standard InChI is InChI=1S/C17H16N3O.2H2/c1-18-13-5-3-11(4-6-13)14-10-15(14)12-7-8-20-16(9-12)17(21)19-2;;/h3-10,18H,1-2H3,(H,19,21);2*1H. The van der Waals surface area contributed by atoms with Crippen molar-refractivity contribution in [1.29, 1.82) is 0 Å².